The third kappa shape index (κ3) is 4.62. The van der Waals surface area contributed by atoms with Crippen LogP contribution in [0.4, 0.5) is 4.79 Å². The Morgan fingerprint density at radius 2 is 1.69 bits per heavy atom. The first kappa shape index (κ1) is 21.5. The highest BCUT2D eigenvalue weighted by Gasteiger charge is 2.17. The summed E-state index contributed by atoms with van der Waals surface area (Å²) in [6, 6.07) is 15.4. The van der Waals surface area contributed by atoms with Crippen molar-refractivity contribution in [2.24, 2.45) is 0 Å². The Bertz CT molecular complexity index is 1360. The molecule has 4 aromatic rings. The molecule has 0 atom stereocenters. The molecule has 8 nitrogen and oxygen atoms in total. The number of pyridine rings is 1. The highest BCUT2D eigenvalue weighted by atomic mass is 32.2. The molecule has 0 fully saturated rings. The van der Waals surface area contributed by atoms with Crippen molar-refractivity contribution in [3.63, 3.8) is 0 Å². The van der Waals surface area contributed by atoms with Crippen molar-refractivity contribution in [2.75, 3.05) is 6.54 Å². The smallest absolute Gasteiger partial charge is 0.328 e. The predicted molar refractivity (Wildman–Crippen MR) is 122 cm³/mol. The van der Waals surface area contributed by atoms with Crippen LogP contribution in [0.15, 0.2) is 72.0 Å². The number of amides is 2. The van der Waals surface area contributed by atoms with E-state index in [0.717, 1.165) is 33.5 Å². The molecule has 32 heavy (non-hydrogen) atoms. The summed E-state index contributed by atoms with van der Waals surface area (Å²) in [6.07, 6.45) is 4.10. The molecule has 4 rings (SSSR count). The molecular formula is C23H23N5O3S. The average Bonchev–Trinajstić information content (AvgIpc) is 3.20. The first-order chi connectivity index (χ1) is 15.3. The van der Waals surface area contributed by atoms with Gasteiger partial charge in [-0.3, -0.25) is 9.55 Å². The van der Waals surface area contributed by atoms with Crippen molar-refractivity contribution in [3.8, 4) is 5.69 Å². The zero-order chi connectivity index (χ0) is 22.7. The number of nitrogens with zero attached hydrogens (tertiary/aromatic N) is 3. The summed E-state index contributed by atoms with van der Waals surface area (Å²) in [5.74, 6) is 0. The number of hydrogen-bond donors (Lipinski definition) is 2. The number of benzene rings is 2. The van der Waals surface area contributed by atoms with E-state index < -0.39 is 16.1 Å². The number of fused-ring (bicyclic) bond motifs is 1. The minimum atomic E-state index is -3.90. The zero-order valence-corrected chi connectivity index (χ0v) is 18.6. The van der Waals surface area contributed by atoms with Gasteiger partial charge in [0, 0.05) is 18.4 Å². The second kappa shape index (κ2) is 8.80. The van der Waals surface area contributed by atoms with E-state index in [1.807, 2.05) is 53.5 Å². The maximum absolute atomic E-state index is 12.3. The molecule has 0 saturated heterocycles. The fourth-order valence-corrected chi connectivity index (χ4v) is 4.29. The van der Waals surface area contributed by atoms with Crippen LogP contribution in [0.2, 0.25) is 0 Å². The number of sulfonamides is 1. The molecule has 0 radical (unpaired) electrons. The molecule has 0 aliphatic carbocycles. The minimum absolute atomic E-state index is 0.0480. The largest absolute Gasteiger partial charge is 0.337 e. The van der Waals surface area contributed by atoms with Crippen molar-refractivity contribution in [3.05, 3.63) is 83.9 Å². The van der Waals surface area contributed by atoms with Gasteiger partial charge in [0.05, 0.1) is 16.1 Å². The minimum Gasteiger partial charge on any atom is -0.337 e. The summed E-state index contributed by atoms with van der Waals surface area (Å²) in [5, 5.41) is 2.59. The molecule has 0 aliphatic heterocycles. The quantitative estimate of drug-likeness (QED) is 0.470. The van der Waals surface area contributed by atoms with Crippen molar-refractivity contribution >= 4 is 27.1 Å². The lowest BCUT2D eigenvalue weighted by Crippen LogP contribution is -2.40. The van der Waals surface area contributed by atoms with Crippen molar-refractivity contribution < 1.29 is 13.2 Å². The topological polar surface area (TPSA) is 106 Å². The maximum Gasteiger partial charge on any atom is 0.328 e. The van der Waals surface area contributed by atoms with Gasteiger partial charge in [0.2, 0.25) is 0 Å². The van der Waals surface area contributed by atoms with Crippen LogP contribution in [0, 0.1) is 13.8 Å². The Kier molecular flexibility index (Phi) is 5.91. The highest BCUT2D eigenvalue weighted by Crippen LogP contribution is 2.20. The van der Waals surface area contributed by atoms with Crippen LogP contribution in [-0.4, -0.2) is 35.5 Å². The summed E-state index contributed by atoms with van der Waals surface area (Å²) in [7, 11) is -3.90. The van der Waals surface area contributed by atoms with Crippen LogP contribution in [0.1, 0.15) is 16.8 Å². The number of hydrogen-bond acceptors (Lipinski definition) is 5. The Labute approximate surface area is 186 Å². The third-order valence-electron chi connectivity index (χ3n) is 5.12. The molecule has 2 aromatic carbocycles. The lowest BCUT2D eigenvalue weighted by Gasteiger charge is -2.10. The molecule has 2 aromatic heterocycles. The summed E-state index contributed by atoms with van der Waals surface area (Å²) in [6.45, 7) is 4.09. The van der Waals surface area contributed by atoms with Gasteiger partial charge >= 0.3 is 6.03 Å². The molecule has 9 heteroatoms. The van der Waals surface area contributed by atoms with E-state index in [2.05, 4.69) is 15.3 Å². The first-order valence-electron chi connectivity index (χ1n) is 10.1. The summed E-state index contributed by atoms with van der Waals surface area (Å²) in [4.78, 5) is 20.8. The number of aryl methyl sites for hydroxylation is 2. The summed E-state index contributed by atoms with van der Waals surface area (Å²) < 4.78 is 28.6. The molecule has 0 unspecified atom stereocenters. The second-order valence-electron chi connectivity index (χ2n) is 7.47. The van der Waals surface area contributed by atoms with E-state index >= 15 is 0 Å². The normalized spacial score (nSPS) is 11.4. The zero-order valence-electron chi connectivity index (χ0n) is 17.7. The molecular weight excluding hydrogens is 426 g/mol. The Morgan fingerprint density at radius 3 is 2.41 bits per heavy atom. The van der Waals surface area contributed by atoms with Gasteiger partial charge in [-0.15, -0.1) is 0 Å². The van der Waals surface area contributed by atoms with Gasteiger partial charge in [0.1, 0.15) is 11.8 Å². The lowest BCUT2D eigenvalue weighted by atomic mass is 10.1. The van der Waals surface area contributed by atoms with E-state index in [9.17, 15) is 13.2 Å². The number of rotatable bonds is 6. The van der Waals surface area contributed by atoms with Gasteiger partial charge in [-0.25, -0.2) is 22.9 Å². The number of carbonyl (C=O) groups is 1. The van der Waals surface area contributed by atoms with Gasteiger partial charge in [-0.05, 0) is 56.2 Å². The van der Waals surface area contributed by atoms with Gasteiger partial charge in [0.15, 0.2) is 0 Å². The lowest BCUT2D eigenvalue weighted by molar-refractivity contribution is 0.246. The number of urea groups is 1. The van der Waals surface area contributed by atoms with Crippen LogP contribution in [0.5, 0.6) is 0 Å². The number of aromatic nitrogens is 3. The summed E-state index contributed by atoms with van der Waals surface area (Å²) in [5.41, 5.74) is 5.65. The van der Waals surface area contributed by atoms with Crippen molar-refractivity contribution in [2.45, 2.75) is 25.2 Å². The van der Waals surface area contributed by atoms with Crippen LogP contribution in [0.25, 0.3) is 16.7 Å². The first-order valence-corrected chi connectivity index (χ1v) is 11.6. The molecule has 0 spiro atoms. The van der Waals surface area contributed by atoms with Crippen LogP contribution >= 0.6 is 0 Å². The van der Waals surface area contributed by atoms with E-state index in [-0.39, 0.29) is 4.90 Å². The average molecular weight is 450 g/mol. The van der Waals surface area contributed by atoms with Gasteiger partial charge in [-0.2, -0.15) is 0 Å². The molecule has 164 valence electrons. The Hall–Kier alpha value is -3.72. The van der Waals surface area contributed by atoms with Crippen LogP contribution < -0.4 is 10.0 Å². The third-order valence-corrected chi connectivity index (χ3v) is 6.47. The van der Waals surface area contributed by atoms with Gasteiger partial charge in [-0.1, -0.05) is 29.8 Å². The monoisotopic (exact) mass is 449 g/mol. The van der Waals surface area contributed by atoms with E-state index in [1.165, 1.54) is 12.1 Å². The fraction of sp³-hybridized carbons (Fsp3) is 0.174. The Morgan fingerprint density at radius 1 is 0.969 bits per heavy atom. The Balaban J connectivity index is 1.34. The van der Waals surface area contributed by atoms with Crippen LogP contribution in [0.3, 0.4) is 0 Å². The van der Waals surface area contributed by atoms with E-state index in [0.29, 0.717) is 13.0 Å². The van der Waals surface area contributed by atoms with Gasteiger partial charge < -0.3 is 5.32 Å². The molecule has 2 heterocycles. The number of carbonyl (C=O) groups excluding carboxylic acids is 1. The molecule has 2 N–H and O–H groups in total. The van der Waals surface area contributed by atoms with E-state index in [4.69, 9.17) is 0 Å². The standard InChI is InChI=1S/C23H23N5O3S/c1-16-3-9-20(10-4-16)32(30,31)27-23(29)25-13-11-18-5-7-19(8-6-18)28-15-26-22-17(2)24-14-12-21(22)28/h3-10,12,14-15H,11,13H2,1-2H3,(H2,25,27,29). The van der Waals surface area contributed by atoms with E-state index in [1.54, 1.807) is 24.7 Å². The highest BCUT2D eigenvalue weighted by molar-refractivity contribution is 7.90. The number of nitrogens with one attached hydrogen (secondary N) is 2. The molecule has 0 saturated carbocycles. The molecule has 0 aliphatic rings. The van der Waals surface area contributed by atoms with Gasteiger partial charge in [0.25, 0.3) is 10.0 Å². The predicted octanol–water partition coefficient (Wildman–Crippen LogP) is 3.27. The van der Waals surface area contributed by atoms with Crippen LogP contribution in [-0.2, 0) is 16.4 Å². The van der Waals surface area contributed by atoms with Crippen molar-refractivity contribution in [1.82, 2.24) is 24.6 Å². The number of imidazole rings is 1. The molecule has 0 bridgehead atoms. The second-order valence-corrected chi connectivity index (χ2v) is 9.15. The summed E-state index contributed by atoms with van der Waals surface area (Å²) >= 11 is 0. The van der Waals surface area contributed by atoms with Crippen molar-refractivity contribution in [1.29, 1.82) is 0 Å². The fourth-order valence-electron chi connectivity index (χ4n) is 3.36. The maximum atomic E-state index is 12.3. The SMILES string of the molecule is Cc1ccc(S(=O)(=O)NC(=O)NCCc2ccc(-n3cnc4c(C)nccc43)cc2)cc1. The molecule has 2 amide bonds.